The Hall–Kier alpha value is -3.61. The molecule has 1 aliphatic heterocycles. The molecule has 2 aliphatic rings. The Morgan fingerprint density at radius 3 is 1.08 bits per heavy atom. The van der Waals surface area contributed by atoms with Crippen LogP contribution in [0.1, 0.15) is 62.4 Å². The number of allylic oxidation sites excluding steroid dienone is 2. The molecule has 0 bridgehead atoms. The van der Waals surface area contributed by atoms with Crippen molar-refractivity contribution in [1.82, 2.24) is 0 Å². The molecule has 6 nitrogen and oxygen atoms in total. The number of ketones is 1. The van der Waals surface area contributed by atoms with Gasteiger partial charge >= 0.3 is 0 Å². The third-order valence-electron chi connectivity index (χ3n) is 12.0. The molecule has 4 atom stereocenters. The van der Waals surface area contributed by atoms with Crippen LogP contribution in [0.5, 0.6) is 0 Å². The summed E-state index contributed by atoms with van der Waals surface area (Å²) in [7, 11) is -3.62. The largest absolute Gasteiger partial charge is 0.425 e. The van der Waals surface area contributed by atoms with E-state index in [1.54, 1.807) is 6.92 Å². The van der Waals surface area contributed by atoms with Crippen LogP contribution in [0.15, 0.2) is 152 Å². The first kappa shape index (κ1) is 39.1. The van der Waals surface area contributed by atoms with Crippen molar-refractivity contribution in [2.75, 3.05) is 0 Å². The van der Waals surface area contributed by atoms with Crippen LogP contribution in [0.25, 0.3) is 11.1 Å². The van der Waals surface area contributed by atoms with Crippen molar-refractivity contribution in [3.8, 4) is 0 Å². The molecular weight excluding hydrogens is 741 g/mol. The minimum Gasteiger partial charge on any atom is -0.425 e. The summed E-state index contributed by atoms with van der Waals surface area (Å²) in [6, 6.07) is 53.9. The van der Waals surface area contributed by atoms with Crippen molar-refractivity contribution in [3.63, 3.8) is 0 Å². The van der Waals surface area contributed by atoms with Crippen LogP contribution in [-0.2, 0) is 41.6 Å². The summed E-state index contributed by atoms with van der Waals surface area (Å²) in [6.45, 7) is 11.2. The molecule has 0 saturated carbocycles. The van der Waals surface area contributed by atoms with Crippen LogP contribution >= 0.6 is 0 Å². The lowest BCUT2D eigenvalue weighted by molar-refractivity contribution is -0.128. The van der Waals surface area contributed by atoms with E-state index in [1.807, 2.05) is 0 Å². The summed E-state index contributed by atoms with van der Waals surface area (Å²) < 4.78 is 25.8. The summed E-state index contributed by atoms with van der Waals surface area (Å²) in [5.41, 5.74) is 5.36. The average molecular weight is 791 g/mol. The number of carbonyl (C=O) groups is 1. The van der Waals surface area contributed by atoms with Gasteiger partial charge in [-0.2, -0.15) is 0 Å². The minimum atomic E-state index is -0.903. The first-order valence-electron chi connectivity index (χ1n) is 18.1. The number of hydrogen-bond acceptors (Lipinski definition) is 6. The standard InChI is InChI=1S/C42H40O.H10O5Si5/c1-31(43)39(2)37(32-21-11-6-12-22-32)38(33-23-13-7-14-24-33)40(3,34-25-15-8-16-26-34)42(5,36-29-19-10-20-30-36)41(39,4)35-27-17-9-18-28-35;1-6-2-8-4-10-5-9-3-7-1/h6-30H,1-5H3;6-10H2. The summed E-state index contributed by atoms with van der Waals surface area (Å²) in [6.07, 6.45) is 0. The van der Waals surface area contributed by atoms with Gasteiger partial charge in [-0.3, -0.25) is 4.79 Å². The normalized spacial score (nSPS) is 28.8. The van der Waals surface area contributed by atoms with E-state index in [-0.39, 0.29) is 5.78 Å². The zero-order chi connectivity index (χ0) is 37.4. The smallest absolute Gasteiger partial charge is 0.286 e. The van der Waals surface area contributed by atoms with Gasteiger partial charge < -0.3 is 20.6 Å². The van der Waals surface area contributed by atoms with Gasteiger partial charge in [0.2, 0.25) is 0 Å². The third kappa shape index (κ3) is 7.07. The molecule has 1 aliphatic carbocycles. The Morgan fingerprint density at radius 2 is 0.717 bits per heavy atom. The van der Waals surface area contributed by atoms with Crippen molar-refractivity contribution in [3.05, 3.63) is 179 Å². The number of carbonyl (C=O) groups excluding carboxylic acids is 1. The van der Waals surface area contributed by atoms with Crippen molar-refractivity contribution < 1.29 is 25.4 Å². The Labute approximate surface area is 326 Å². The van der Waals surface area contributed by atoms with Gasteiger partial charge in [-0.25, -0.2) is 0 Å². The highest BCUT2D eigenvalue weighted by molar-refractivity contribution is 6.50. The lowest BCUT2D eigenvalue weighted by Gasteiger charge is -2.68. The maximum atomic E-state index is 14.7. The first-order chi connectivity index (χ1) is 25.7. The van der Waals surface area contributed by atoms with Gasteiger partial charge in [0.1, 0.15) is 5.78 Å². The molecule has 1 fully saturated rings. The predicted molar refractivity (Wildman–Crippen MR) is 228 cm³/mol. The van der Waals surface area contributed by atoms with E-state index in [1.165, 1.54) is 16.7 Å². The fraction of sp³-hybridized carbons (Fsp3) is 0.214. The second-order valence-electron chi connectivity index (χ2n) is 14.2. The van der Waals surface area contributed by atoms with Gasteiger partial charge in [-0.05, 0) is 52.8 Å². The van der Waals surface area contributed by atoms with Crippen LogP contribution < -0.4 is 0 Å². The Kier molecular flexibility index (Phi) is 12.7. The van der Waals surface area contributed by atoms with Crippen LogP contribution in [-0.4, -0.2) is 55.8 Å². The summed E-state index contributed by atoms with van der Waals surface area (Å²) in [4.78, 5) is 14.7. The highest BCUT2D eigenvalue weighted by atomic mass is 28.4. The van der Waals surface area contributed by atoms with E-state index in [0.717, 1.165) is 22.3 Å². The highest BCUT2D eigenvalue weighted by Crippen LogP contribution is 2.73. The zero-order valence-corrected chi connectivity index (χ0v) is 38.5. The molecule has 11 heteroatoms. The maximum Gasteiger partial charge on any atom is 0.286 e. The molecule has 1 heterocycles. The lowest BCUT2D eigenvalue weighted by atomic mass is 9.33. The number of hydrogen-bond donors (Lipinski definition) is 0. The molecule has 53 heavy (non-hydrogen) atoms. The zero-order valence-electron chi connectivity index (χ0n) is 31.4. The summed E-state index contributed by atoms with van der Waals surface area (Å²) >= 11 is 0. The van der Waals surface area contributed by atoms with Gasteiger partial charge in [0, 0.05) is 16.2 Å². The molecule has 0 N–H and O–H groups in total. The molecule has 274 valence electrons. The van der Waals surface area contributed by atoms with Crippen LogP contribution in [0.3, 0.4) is 0 Å². The van der Waals surface area contributed by atoms with E-state index in [4.69, 9.17) is 20.6 Å². The molecule has 0 radical (unpaired) electrons. The lowest BCUT2D eigenvalue weighted by Crippen LogP contribution is -2.68. The van der Waals surface area contributed by atoms with Crippen LogP contribution in [0.4, 0.5) is 0 Å². The number of Topliss-reactive ketones (excluding diaryl/α,β-unsaturated/α-hetero) is 1. The molecule has 4 unspecified atom stereocenters. The third-order valence-corrected chi connectivity index (χ3v) is 18.6. The molecule has 0 aromatic heterocycles. The highest BCUT2D eigenvalue weighted by Gasteiger charge is 2.71. The Balaban J connectivity index is 0.000000417. The Morgan fingerprint density at radius 1 is 0.415 bits per heavy atom. The van der Waals surface area contributed by atoms with Gasteiger partial charge in [0.05, 0.1) is 5.41 Å². The second kappa shape index (κ2) is 17.2. The fourth-order valence-corrected chi connectivity index (χ4v) is 18.0. The Bertz CT molecular complexity index is 1940. The van der Waals surface area contributed by atoms with Gasteiger partial charge in [-0.1, -0.05) is 172 Å². The molecule has 0 spiro atoms. The van der Waals surface area contributed by atoms with Gasteiger partial charge in [-0.15, -0.1) is 0 Å². The molecule has 7 rings (SSSR count). The first-order valence-corrected chi connectivity index (χ1v) is 23.9. The quantitative estimate of drug-likeness (QED) is 0.222. The van der Waals surface area contributed by atoms with Crippen molar-refractivity contribution >= 4 is 67.0 Å². The monoisotopic (exact) mass is 790 g/mol. The molecular formula is C42H50O6Si5. The van der Waals surface area contributed by atoms with Gasteiger partial charge in [0.25, 0.3) is 50.0 Å². The summed E-state index contributed by atoms with van der Waals surface area (Å²) in [5, 5.41) is 0. The van der Waals surface area contributed by atoms with Crippen molar-refractivity contribution in [2.24, 2.45) is 5.41 Å². The van der Waals surface area contributed by atoms with Crippen molar-refractivity contribution in [2.45, 2.75) is 50.9 Å². The second-order valence-corrected chi connectivity index (χ2v) is 23.6. The topological polar surface area (TPSA) is 63.2 Å². The fourth-order valence-electron chi connectivity index (χ4n) is 8.97. The van der Waals surface area contributed by atoms with Crippen LogP contribution in [0.2, 0.25) is 0 Å². The molecule has 1 saturated heterocycles. The van der Waals surface area contributed by atoms with E-state index in [0.29, 0.717) is 0 Å². The van der Waals surface area contributed by atoms with E-state index < -0.39 is 71.7 Å². The summed E-state index contributed by atoms with van der Waals surface area (Å²) in [5.74, 6) is 0.156. The number of rotatable bonds is 6. The van der Waals surface area contributed by atoms with E-state index in [9.17, 15) is 4.79 Å². The SMILES string of the molecule is CC(=O)C1(C)C(c2ccccc2)=C(c2ccccc2)C(C)(c2ccccc2)C(C)(c2ccccc2)C1(C)c1ccccc1.O1[SiH2]O[SiH2]O[SiH2]O[SiH2]O[SiH2]1. The van der Waals surface area contributed by atoms with Crippen LogP contribution in [0, 0.1) is 5.41 Å². The molecule has 0 amide bonds. The van der Waals surface area contributed by atoms with E-state index >= 15 is 0 Å². The maximum absolute atomic E-state index is 14.7. The minimum absolute atomic E-state index is 0.156. The average Bonchev–Trinajstić information content (AvgIpc) is 3.22. The molecule has 5 aromatic carbocycles. The number of benzene rings is 5. The van der Waals surface area contributed by atoms with E-state index in [2.05, 4.69) is 179 Å². The predicted octanol–water partition coefficient (Wildman–Crippen LogP) is 5.16. The van der Waals surface area contributed by atoms with Gasteiger partial charge in [0.15, 0.2) is 0 Å². The van der Waals surface area contributed by atoms with Crippen molar-refractivity contribution in [1.29, 1.82) is 0 Å². The molecule has 5 aromatic rings.